The average Bonchev–Trinajstić information content (AvgIpc) is 2.78. The summed E-state index contributed by atoms with van der Waals surface area (Å²) in [4.78, 5) is 20.6. The third kappa shape index (κ3) is 6.03. The molecular formula is C21H15F3N4O5. The number of nitro groups is 2. The molecule has 3 rings (SSSR count). The number of hydrogen-bond donors (Lipinski definition) is 1. The van der Waals surface area contributed by atoms with Crippen molar-refractivity contribution >= 4 is 23.3 Å². The summed E-state index contributed by atoms with van der Waals surface area (Å²) in [5.74, 6) is 0.372. The van der Waals surface area contributed by atoms with Gasteiger partial charge in [-0.1, -0.05) is 24.3 Å². The van der Waals surface area contributed by atoms with Gasteiger partial charge in [0.1, 0.15) is 18.0 Å². The van der Waals surface area contributed by atoms with Crippen molar-refractivity contribution < 1.29 is 27.8 Å². The smallest absolute Gasteiger partial charge is 0.416 e. The van der Waals surface area contributed by atoms with Gasteiger partial charge in [0.05, 0.1) is 21.6 Å². The fourth-order valence-electron chi connectivity index (χ4n) is 2.76. The Balaban J connectivity index is 1.75. The lowest BCUT2D eigenvalue weighted by Crippen LogP contribution is -2.06. The summed E-state index contributed by atoms with van der Waals surface area (Å²) >= 11 is 0. The van der Waals surface area contributed by atoms with Crippen LogP contribution in [0.1, 0.15) is 16.7 Å². The van der Waals surface area contributed by atoms with Gasteiger partial charge in [0, 0.05) is 23.8 Å². The van der Waals surface area contributed by atoms with E-state index in [-0.39, 0.29) is 18.0 Å². The van der Waals surface area contributed by atoms with E-state index in [0.29, 0.717) is 29.0 Å². The molecule has 12 heteroatoms. The maximum Gasteiger partial charge on any atom is 0.416 e. The molecule has 0 spiro atoms. The monoisotopic (exact) mass is 460 g/mol. The molecular weight excluding hydrogens is 445 g/mol. The normalized spacial score (nSPS) is 11.4. The first-order valence-electron chi connectivity index (χ1n) is 9.25. The van der Waals surface area contributed by atoms with E-state index in [1.165, 1.54) is 24.4 Å². The highest BCUT2D eigenvalue weighted by Crippen LogP contribution is 2.35. The van der Waals surface area contributed by atoms with E-state index in [4.69, 9.17) is 4.74 Å². The highest BCUT2D eigenvalue weighted by Gasteiger charge is 2.33. The second-order valence-corrected chi connectivity index (χ2v) is 6.61. The van der Waals surface area contributed by atoms with Gasteiger partial charge in [-0.05, 0) is 29.8 Å². The van der Waals surface area contributed by atoms with Crippen LogP contribution in [0.2, 0.25) is 0 Å². The Morgan fingerprint density at radius 2 is 1.73 bits per heavy atom. The molecule has 0 saturated heterocycles. The minimum Gasteiger partial charge on any atom is -0.488 e. The molecule has 0 saturated carbocycles. The quantitative estimate of drug-likeness (QED) is 0.267. The van der Waals surface area contributed by atoms with Crippen LogP contribution < -0.4 is 10.2 Å². The molecule has 0 amide bonds. The summed E-state index contributed by atoms with van der Waals surface area (Å²) in [7, 11) is 0. The number of alkyl halides is 3. The molecule has 0 aliphatic carbocycles. The van der Waals surface area contributed by atoms with Crippen molar-refractivity contribution in [2.75, 3.05) is 5.43 Å². The van der Waals surface area contributed by atoms with Crippen LogP contribution >= 0.6 is 0 Å². The maximum absolute atomic E-state index is 12.8. The third-order valence-corrected chi connectivity index (χ3v) is 4.35. The number of nitrogens with one attached hydrogen (secondary N) is 1. The van der Waals surface area contributed by atoms with Crippen LogP contribution in [0.3, 0.4) is 0 Å². The van der Waals surface area contributed by atoms with E-state index in [9.17, 15) is 33.4 Å². The van der Waals surface area contributed by atoms with Gasteiger partial charge in [-0.15, -0.1) is 0 Å². The lowest BCUT2D eigenvalue weighted by atomic mass is 10.1. The Kier molecular flexibility index (Phi) is 6.86. The molecule has 0 bridgehead atoms. The molecule has 0 unspecified atom stereocenters. The van der Waals surface area contributed by atoms with Crippen LogP contribution in [-0.2, 0) is 12.8 Å². The van der Waals surface area contributed by atoms with Crippen LogP contribution in [-0.4, -0.2) is 16.1 Å². The molecule has 0 aliphatic heterocycles. The van der Waals surface area contributed by atoms with Crippen LogP contribution in [0.5, 0.6) is 5.75 Å². The standard InChI is InChI=1S/C21H15F3N4O5/c22-21(23,24)16-8-9-18(19(11-16)28(31)32)26-25-12-15-5-1-2-7-20(15)33-13-14-4-3-6-17(10-14)27(29)30/h1-12,26H,13H2/b25-12-. The Morgan fingerprint density at radius 1 is 0.970 bits per heavy atom. The molecule has 0 aromatic heterocycles. The highest BCUT2D eigenvalue weighted by atomic mass is 19.4. The summed E-state index contributed by atoms with van der Waals surface area (Å²) in [6.07, 6.45) is -3.44. The number of halogens is 3. The SMILES string of the molecule is O=[N+]([O-])c1cccc(COc2ccccc2/C=N\Nc2ccc(C(F)(F)F)cc2[N+](=O)[O-])c1. The highest BCUT2D eigenvalue weighted by molar-refractivity contribution is 5.84. The fraction of sp³-hybridized carbons (Fsp3) is 0.0952. The number of para-hydroxylation sites is 1. The van der Waals surface area contributed by atoms with E-state index < -0.39 is 27.3 Å². The molecule has 0 heterocycles. The number of ether oxygens (including phenoxy) is 1. The van der Waals surface area contributed by atoms with Crippen molar-refractivity contribution in [1.29, 1.82) is 0 Å². The summed E-state index contributed by atoms with van der Waals surface area (Å²) in [5.41, 5.74) is 1.17. The first-order chi connectivity index (χ1) is 15.6. The van der Waals surface area contributed by atoms with Gasteiger partial charge in [0.25, 0.3) is 11.4 Å². The number of hydrogen-bond acceptors (Lipinski definition) is 7. The number of hydrazone groups is 1. The van der Waals surface area contributed by atoms with Crippen molar-refractivity contribution in [3.05, 3.63) is 104 Å². The van der Waals surface area contributed by atoms with E-state index in [1.54, 1.807) is 30.3 Å². The second kappa shape index (κ2) is 9.77. The zero-order valence-corrected chi connectivity index (χ0v) is 16.7. The van der Waals surface area contributed by atoms with E-state index >= 15 is 0 Å². The molecule has 0 radical (unpaired) electrons. The van der Waals surface area contributed by atoms with E-state index in [1.807, 2.05) is 0 Å². The zero-order valence-electron chi connectivity index (χ0n) is 16.7. The van der Waals surface area contributed by atoms with Crippen LogP contribution in [0.15, 0.2) is 71.8 Å². The van der Waals surface area contributed by atoms with Gasteiger partial charge >= 0.3 is 6.18 Å². The lowest BCUT2D eigenvalue weighted by molar-refractivity contribution is -0.385. The first-order valence-corrected chi connectivity index (χ1v) is 9.25. The van der Waals surface area contributed by atoms with Crippen LogP contribution in [0.4, 0.5) is 30.2 Å². The Morgan fingerprint density at radius 3 is 2.42 bits per heavy atom. The fourth-order valence-corrected chi connectivity index (χ4v) is 2.76. The Labute approximate surface area is 184 Å². The summed E-state index contributed by atoms with van der Waals surface area (Å²) in [5, 5.41) is 25.9. The number of anilines is 1. The van der Waals surface area contributed by atoms with Crippen molar-refractivity contribution in [3.8, 4) is 5.75 Å². The van der Waals surface area contributed by atoms with Crippen molar-refractivity contribution in [1.82, 2.24) is 0 Å². The minimum absolute atomic E-state index is 0.0321. The molecule has 3 aromatic carbocycles. The van der Waals surface area contributed by atoms with Crippen molar-refractivity contribution in [2.45, 2.75) is 12.8 Å². The zero-order chi connectivity index (χ0) is 24.0. The molecule has 33 heavy (non-hydrogen) atoms. The van der Waals surface area contributed by atoms with Gasteiger partial charge < -0.3 is 4.74 Å². The van der Waals surface area contributed by atoms with Gasteiger partial charge in [-0.25, -0.2) is 0 Å². The predicted octanol–water partition coefficient (Wildman–Crippen LogP) is 5.55. The first kappa shape index (κ1) is 23.2. The predicted molar refractivity (Wildman–Crippen MR) is 113 cm³/mol. The topological polar surface area (TPSA) is 120 Å². The summed E-state index contributed by atoms with van der Waals surface area (Å²) in [6.45, 7) is 0.0321. The molecule has 170 valence electrons. The van der Waals surface area contributed by atoms with Gasteiger partial charge in [-0.3, -0.25) is 25.7 Å². The molecule has 0 atom stereocenters. The van der Waals surface area contributed by atoms with Crippen molar-refractivity contribution in [3.63, 3.8) is 0 Å². The molecule has 3 aromatic rings. The van der Waals surface area contributed by atoms with E-state index in [0.717, 1.165) is 6.07 Å². The number of non-ortho nitro benzene ring substituents is 1. The third-order valence-electron chi connectivity index (χ3n) is 4.35. The minimum atomic E-state index is -4.72. The summed E-state index contributed by atoms with van der Waals surface area (Å²) < 4.78 is 44.2. The largest absolute Gasteiger partial charge is 0.488 e. The Bertz CT molecular complexity index is 1210. The van der Waals surface area contributed by atoms with Gasteiger partial charge in [0.2, 0.25) is 0 Å². The van der Waals surface area contributed by atoms with Gasteiger partial charge in [-0.2, -0.15) is 18.3 Å². The second-order valence-electron chi connectivity index (χ2n) is 6.61. The number of rotatable bonds is 8. The average molecular weight is 460 g/mol. The number of nitro benzene ring substituents is 2. The van der Waals surface area contributed by atoms with Crippen LogP contribution in [0, 0.1) is 20.2 Å². The lowest BCUT2D eigenvalue weighted by Gasteiger charge is -2.10. The number of benzene rings is 3. The molecule has 9 nitrogen and oxygen atoms in total. The molecule has 1 N–H and O–H groups in total. The van der Waals surface area contributed by atoms with E-state index in [2.05, 4.69) is 10.5 Å². The Hall–Kier alpha value is -4.48. The number of nitrogens with zero attached hydrogens (tertiary/aromatic N) is 3. The van der Waals surface area contributed by atoms with Gasteiger partial charge in [0.15, 0.2) is 0 Å². The van der Waals surface area contributed by atoms with Crippen LogP contribution in [0.25, 0.3) is 0 Å². The van der Waals surface area contributed by atoms with Crippen molar-refractivity contribution in [2.24, 2.45) is 5.10 Å². The maximum atomic E-state index is 12.8. The molecule has 0 aliphatic rings. The summed E-state index contributed by atoms with van der Waals surface area (Å²) in [6, 6.07) is 14.6. The molecule has 0 fully saturated rings.